The monoisotopic (exact) mass is 453 g/mol. The molecular formula is C24H21F6NO. The molecule has 2 nitrogen and oxygen atoms in total. The maximum atomic E-state index is 13.2. The van der Waals surface area contributed by atoms with Gasteiger partial charge in [-0.15, -0.1) is 0 Å². The van der Waals surface area contributed by atoms with Crippen molar-refractivity contribution in [1.29, 1.82) is 0 Å². The molecule has 0 fully saturated rings. The molecule has 0 aliphatic carbocycles. The molecule has 3 aromatic rings. The third kappa shape index (κ3) is 4.97. The summed E-state index contributed by atoms with van der Waals surface area (Å²) in [5.41, 5.74) is 3.23. The van der Waals surface area contributed by atoms with Crippen molar-refractivity contribution in [2.75, 3.05) is 0 Å². The highest BCUT2D eigenvalue weighted by atomic mass is 19.4. The lowest BCUT2D eigenvalue weighted by atomic mass is 9.80. The van der Waals surface area contributed by atoms with Crippen molar-refractivity contribution >= 4 is 0 Å². The Balaban J connectivity index is 2.09. The molecule has 2 N–H and O–H groups in total. The van der Waals surface area contributed by atoms with Gasteiger partial charge in [-0.05, 0) is 41.8 Å². The van der Waals surface area contributed by atoms with Gasteiger partial charge in [0.15, 0.2) is 0 Å². The molecule has 3 aromatic carbocycles. The maximum Gasteiger partial charge on any atom is 0.416 e. The van der Waals surface area contributed by atoms with Gasteiger partial charge in [-0.25, -0.2) is 0 Å². The Bertz CT molecular complexity index is 958. The number of alkyl halides is 6. The maximum absolute atomic E-state index is 13.2. The Morgan fingerprint density at radius 2 is 1.09 bits per heavy atom. The number of nitrogens with two attached hydrogens (primary N) is 1. The number of ether oxygens (including phenoxy) is 1. The van der Waals surface area contributed by atoms with E-state index >= 15 is 0 Å². The van der Waals surface area contributed by atoms with Gasteiger partial charge in [-0.2, -0.15) is 26.3 Å². The molecule has 0 radical (unpaired) electrons. The quantitative estimate of drug-likeness (QED) is 0.431. The zero-order valence-electron chi connectivity index (χ0n) is 17.0. The van der Waals surface area contributed by atoms with Crippen molar-refractivity contribution in [3.63, 3.8) is 0 Å². The summed E-state index contributed by atoms with van der Waals surface area (Å²) in [6.45, 7) is 1.16. The minimum atomic E-state index is -4.94. The molecule has 3 rings (SSSR count). The molecule has 0 amide bonds. The van der Waals surface area contributed by atoms with Crippen molar-refractivity contribution in [1.82, 2.24) is 0 Å². The second kappa shape index (κ2) is 8.96. The van der Waals surface area contributed by atoms with Gasteiger partial charge >= 0.3 is 12.4 Å². The predicted molar refractivity (Wildman–Crippen MR) is 109 cm³/mol. The average molecular weight is 453 g/mol. The van der Waals surface area contributed by atoms with Crippen molar-refractivity contribution < 1.29 is 31.1 Å². The van der Waals surface area contributed by atoms with Crippen LogP contribution in [0.5, 0.6) is 0 Å². The molecule has 8 heteroatoms. The summed E-state index contributed by atoms with van der Waals surface area (Å²) in [6, 6.07) is 18.3. The van der Waals surface area contributed by atoms with E-state index in [1.807, 2.05) is 0 Å². The highest BCUT2D eigenvalue weighted by Crippen LogP contribution is 2.39. The van der Waals surface area contributed by atoms with E-state index in [1.54, 1.807) is 67.6 Å². The van der Waals surface area contributed by atoms with E-state index in [9.17, 15) is 26.3 Å². The van der Waals surface area contributed by atoms with E-state index in [-0.39, 0.29) is 11.6 Å². The van der Waals surface area contributed by atoms with Crippen LogP contribution in [0.15, 0.2) is 78.9 Å². The van der Waals surface area contributed by atoms with Gasteiger partial charge < -0.3 is 10.5 Å². The summed E-state index contributed by atoms with van der Waals surface area (Å²) in [6.07, 6.45) is -9.87. The summed E-state index contributed by atoms with van der Waals surface area (Å²) in [7, 11) is 0. The number of hydrogen-bond acceptors (Lipinski definition) is 2. The van der Waals surface area contributed by atoms with E-state index in [4.69, 9.17) is 10.5 Å². The third-order valence-electron chi connectivity index (χ3n) is 5.16. The van der Waals surface area contributed by atoms with E-state index < -0.39 is 41.7 Å². The van der Waals surface area contributed by atoms with Crippen LogP contribution >= 0.6 is 0 Å². The smallest absolute Gasteiger partial charge is 0.359 e. The minimum Gasteiger partial charge on any atom is -0.359 e. The second-order valence-corrected chi connectivity index (χ2v) is 7.46. The van der Waals surface area contributed by atoms with Crippen LogP contribution in [-0.4, -0.2) is 6.04 Å². The highest BCUT2D eigenvalue weighted by Gasteiger charge is 2.40. The first kappa shape index (κ1) is 23.8. The Hall–Kier alpha value is -2.84. The fourth-order valence-corrected chi connectivity index (χ4v) is 3.66. The Morgan fingerprint density at radius 1 is 0.688 bits per heavy atom. The lowest BCUT2D eigenvalue weighted by molar-refractivity contribution is -0.143. The van der Waals surface area contributed by atoms with Crippen LogP contribution in [0.2, 0.25) is 0 Å². The number of rotatable bonds is 6. The Kier molecular flexibility index (Phi) is 6.67. The van der Waals surface area contributed by atoms with Crippen LogP contribution in [0.3, 0.4) is 0 Å². The summed E-state index contributed by atoms with van der Waals surface area (Å²) < 4.78 is 85.6. The lowest BCUT2D eigenvalue weighted by Crippen LogP contribution is -2.46. The summed E-state index contributed by atoms with van der Waals surface area (Å²) >= 11 is 0. The van der Waals surface area contributed by atoms with Crippen LogP contribution in [0.25, 0.3) is 0 Å². The first-order chi connectivity index (χ1) is 14.9. The molecule has 0 heterocycles. The molecule has 0 spiro atoms. The molecule has 0 bridgehead atoms. The van der Waals surface area contributed by atoms with Gasteiger partial charge in [-0.1, -0.05) is 60.7 Å². The molecule has 0 aliphatic rings. The van der Waals surface area contributed by atoms with Crippen LogP contribution in [-0.2, 0) is 29.3 Å². The zero-order chi connectivity index (χ0) is 23.6. The molecule has 0 saturated heterocycles. The normalized spacial score (nSPS) is 13.8. The van der Waals surface area contributed by atoms with E-state index in [2.05, 4.69) is 0 Å². The van der Waals surface area contributed by atoms with Gasteiger partial charge in [0.25, 0.3) is 0 Å². The summed E-state index contributed by atoms with van der Waals surface area (Å²) in [5, 5.41) is 0. The summed E-state index contributed by atoms with van der Waals surface area (Å²) in [5.74, 6) is 0. The molecule has 0 aromatic heterocycles. The molecule has 0 aliphatic heterocycles. The van der Waals surface area contributed by atoms with Crippen molar-refractivity contribution in [2.24, 2.45) is 5.73 Å². The standard InChI is InChI=1S/C24H21F6NO/c1-16(31)22(18-8-4-2-5-9-18,19-10-6-3-7-11-19)32-15-17-12-20(23(25,26)27)14-21(13-17)24(28,29)30/h2-14,16H,15,31H2,1H3. The van der Waals surface area contributed by atoms with Gasteiger partial charge in [0, 0.05) is 6.04 Å². The van der Waals surface area contributed by atoms with Gasteiger partial charge in [0.2, 0.25) is 0 Å². The Labute approximate surface area is 181 Å². The van der Waals surface area contributed by atoms with Gasteiger partial charge in [0.1, 0.15) is 5.60 Å². The van der Waals surface area contributed by atoms with Crippen molar-refractivity contribution in [3.8, 4) is 0 Å². The SMILES string of the molecule is CC(N)C(OCc1cc(C(F)(F)F)cc(C(F)(F)F)c1)(c1ccccc1)c1ccccc1. The van der Waals surface area contributed by atoms with Gasteiger partial charge in [-0.3, -0.25) is 0 Å². The van der Waals surface area contributed by atoms with Crippen LogP contribution in [0.4, 0.5) is 26.3 Å². The van der Waals surface area contributed by atoms with Gasteiger partial charge in [0.05, 0.1) is 17.7 Å². The molecule has 1 atom stereocenters. The third-order valence-corrected chi connectivity index (χ3v) is 5.16. The van der Waals surface area contributed by atoms with E-state index in [1.165, 1.54) is 0 Å². The highest BCUT2D eigenvalue weighted by molar-refractivity contribution is 5.39. The van der Waals surface area contributed by atoms with E-state index in [0.29, 0.717) is 23.3 Å². The molecular weight excluding hydrogens is 432 g/mol. The number of hydrogen-bond donors (Lipinski definition) is 1. The molecule has 1 unspecified atom stereocenters. The first-order valence-electron chi connectivity index (χ1n) is 9.73. The second-order valence-electron chi connectivity index (χ2n) is 7.46. The van der Waals surface area contributed by atoms with Crippen LogP contribution < -0.4 is 5.73 Å². The first-order valence-corrected chi connectivity index (χ1v) is 9.73. The zero-order valence-corrected chi connectivity index (χ0v) is 17.0. The van der Waals surface area contributed by atoms with Crippen LogP contribution in [0, 0.1) is 0 Å². The molecule has 170 valence electrons. The van der Waals surface area contributed by atoms with E-state index in [0.717, 1.165) is 0 Å². The fraction of sp³-hybridized carbons (Fsp3) is 0.250. The Morgan fingerprint density at radius 3 is 1.44 bits per heavy atom. The topological polar surface area (TPSA) is 35.2 Å². The average Bonchev–Trinajstić information content (AvgIpc) is 2.74. The minimum absolute atomic E-state index is 0.0939. The number of benzene rings is 3. The van der Waals surface area contributed by atoms with Crippen molar-refractivity contribution in [3.05, 3.63) is 107 Å². The lowest BCUT2D eigenvalue weighted by Gasteiger charge is -2.38. The van der Waals surface area contributed by atoms with Crippen LogP contribution in [0.1, 0.15) is 34.7 Å². The predicted octanol–water partition coefficient (Wildman–Crippen LogP) is 6.53. The fourth-order valence-electron chi connectivity index (χ4n) is 3.66. The summed E-state index contributed by atoms with van der Waals surface area (Å²) in [4.78, 5) is 0. The molecule has 32 heavy (non-hydrogen) atoms. The largest absolute Gasteiger partial charge is 0.416 e. The number of halogens is 6. The van der Waals surface area contributed by atoms with Crippen molar-refractivity contribution in [2.45, 2.75) is 37.5 Å². The molecule has 0 saturated carbocycles.